The molecule has 0 saturated heterocycles. The molecule has 0 radical (unpaired) electrons. The number of aromatic nitrogens is 1. The molecular weight excluding hydrogens is 230 g/mol. The van der Waals surface area contributed by atoms with Crippen molar-refractivity contribution in [2.45, 2.75) is 26.3 Å². The smallest absolute Gasteiger partial charge is 0.271 e. The Hall–Kier alpha value is -1.01. The summed E-state index contributed by atoms with van der Waals surface area (Å²) in [5.74, 6) is -0.253. The van der Waals surface area contributed by atoms with Crippen LogP contribution in [-0.4, -0.2) is 21.4 Å². The predicted octanol–water partition coefficient (Wildman–Crippen LogP) is 1.25. The molecule has 6 heteroatoms. The van der Waals surface area contributed by atoms with E-state index in [0.29, 0.717) is 5.69 Å². The van der Waals surface area contributed by atoms with Crippen molar-refractivity contribution in [2.75, 3.05) is 0 Å². The highest BCUT2D eigenvalue weighted by Gasteiger charge is 2.24. The molecule has 1 aromatic heterocycles. The van der Waals surface area contributed by atoms with Crippen LogP contribution in [0.25, 0.3) is 0 Å². The Morgan fingerprint density at radius 3 is 2.67 bits per heavy atom. The first-order chi connectivity index (χ1) is 6.83. The number of thiocarbonyl (C=S) groups is 1. The number of carbonyl (C=O) groups excluding carboxylic acids is 1. The zero-order valence-corrected chi connectivity index (χ0v) is 10.5. The lowest BCUT2D eigenvalue weighted by Crippen LogP contribution is -2.52. The Bertz CT molecular complexity index is 398. The minimum absolute atomic E-state index is 0.253. The van der Waals surface area contributed by atoms with Gasteiger partial charge in [0, 0.05) is 5.38 Å². The van der Waals surface area contributed by atoms with Crippen molar-refractivity contribution < 1.29 is 4.79 Å². The van der Waals surface area contributed by atoms with Gasteiger partial charge in [0.05, 0.1) is 15.5 Å². The standard InChI is InChI=1S/C9H13N3OS2/c1-5-11-6(4-15-5)7(13)12-9(2,3)8(10)14/h4H,1-3H3,(H2,10,14)(H,12,13). The minimum atomic E-state index is -0.691. The average Bonchev–Trinajstić information content (AvgIpc) is 2.50. The van der Waals surface area contributed by atoms with Gasteiger partial charge in [0.2, 0.25) is 0 Å². The van der Waals surface area contributed by atoms with Gasteiger partial charge in [-0.25, -0.2) is 4.98 Å². The third-order valence-corrected chi connectivity index (χ3v) is 3.18. The highest BCUT2D eigenvalue weighted by Crippen LogP contribution is 2.10. The van der Waals surface area contributed by atoms with E-state index >= 15 is 0 Å². The van der Waals surface area contributed by atoms with Crippen LogP contribution < -0.4 is 11.1 Å². The number of nitrogens with one attached hydrogen (secondary N) is 1. The number of thiazole rings is 1. The lowest BCUT2D eigenvalue weighted by Gasteiger charge is -2.24. The van der Waals surface area contributed by atoms with Crippen LogP contribution in [0.15, 0.2) is 5.38 Å². The second kappa shape index (κ2) is 4.24. The fourth-order valence-electron chi connectivity index (χ4n) is 0.877. The van der Waals surface area contributed by atoms with Gasteiger partial charge in [-0.1, -0.05) is 12.2 Å². The molecule has 82 valence electrons. The summed E-state index contributed by atoms with van der Waals surface area (Å²) in [7, 11) is 0. The van der Waals surface area contributed by atoms with Crippen molar-refractivity contribution in [3.8, 4) is 0 Å². The molecule has 3 N–H and O–H groups in total. The normalized spacial score (nSPS) is 11.1. The fraction of sp³-hybridized carbons (Fsp3) is 0.444. The number of aryl methyl sites for hydroxylation is 1. The average molecular weight is 243 g/mol. The molecule has 1 aromatic rings. The second-order valence-corrected chi connectivity index (χ2v) is 5.20. The number of hydrogen-bond acceptors (Lipinski definition) is 4. The van der Waals surface area contributed by atoms with Crippen molar-refractivity contribution in [2.24, 2.45) is 5.73 Å². The van der Waals surface area contributed by atoms with Crippen LogP contribution in [-0.2, 0) is 0 Å². The van der Waals surface area contributed by atoms with Gasteiger partial charge < -0.3 is 11.1 Å². The molecule has 1 amide bonds. The molecule has 4 nitrogen and oxygen atoms in total. The lowest BCUT2D eigenvalue weighted by molar-refractivity contribution is 0.0927. The van der Waals surface area contributed by atoms with Gasteiger partial charge in [-0.2, -0.15) is 0 Å². The molecule has 1 heterocycles. The minimum Gasteiger partial charge on any atom is -0.391 e. The number of carbonyl (C=O) groups is 1. The van der Waals surface area contributed by atoms with Crippen LogP contribution >= 0.6 is 23.6 Å². The van der Waals surface area contributed by atoms with Crippen molar-refractivity contribution in [3.05, 3.63) is 16.1 Å². The second-order valence-electron chi connectivity index (χ2n) is 3.70. The van der Waals surface area contributed by atoms with Crippen LogP contribution in [0.1, 0.15) is 29.3 Å². The van der Waals surface area contributed by atoms with Crippen LogP contribution in [0.5, 0.6) is 0 Å². The summed E-state index contributed by atoms with van der Waals surface area (Å²) < 4.78 is 0. The Labute approximate surface area is 97.9 Å². The highest BCUT2D eigenvalue weighted by molar-refractivity contribution is 7.80. The molecular formula is C9H13N3OS2. The first kappa shape index (κ1) is 12.1. The molecule has 0 aliphatic carbocycles. The zero-order valence-electron chi connectivity index (χ0n) is 8.83. The van der Waals surface area contributed by atoms with E-state index in [0.717, 1.165) is 5.01 Å². The van der Waals surface area contributed by atoms with E-state index in [1.54, 1.807) is 19.2 Å². The molecule has 15 heavy (non-hydrogen) atoms. The predicted molar refractivity (Wildman–Crippen MR) is 65.2 cm³/mol. The fourth-order valence-corrected chi connectivity index (χ4v) is 1.52. The maximum atomic E-state index is 11.7. The molecule has 0 saturated carbocycles. The Morgan fingerprint density at radius 2 is 2.27 bits per heavy atom. The van der Waals surface area contributed by atoms with Crippen LogP contribution in [0, 0.1) is 6.92 Å². The Kier molecular flexibility index (Phi) is 3.41. The quantitative estimate of drug-likeness (QED) is 0.784. The third-order valence-electron chi connectivity index (χ3n) is 1.89. The van der Waals surface area contributed by atoms with E-state index < -0.39 is 5.54 Å². The van der Waals surface area contributed by atoms with E-state index in [-0.39, 0.29) is 10.9 Å². The summed E-state index contributed by atoms with van der Waals surface area (Å²) >= 11 is 6.28. The van der Waals surface area contributed by atoms with E-state index in [1.807, 2.05) is 6.92 Å². The number of hydrogen-bond donors (Lipinski definition) is 2. The van der Waals surface area contributed by atoms with E-state index in [1.165, 1.54) is 11.3 Å². The van der Waals surface area contributed by atoms with Gasteiger partial charge in [-0.05, 0) is 20.8 Å². The highest BCUT2D eigenvalue weighted by atomic mass is 32.1. The van der Waals surface area contributed by atoms with E-state index in [4.69, 9.17) is 18.0 Å². The number of amides is 1. The molecule has 0 fully saturated rings. The van der Waals surface area contributed by atoms with Crippen molar-refractivity contribution in [3.63, 3.8) is 0 Å². The van der Waals surface area contributed by atoms with E-state index in [2.05, 4.69) is 10.3 Å². The summed E-state index contributed by atoms with van der Waals surface area (Å²) in [6, 6.07) is 0. The summed E-state index contributed by atoms with van der Waals surface area (Å²) in [5.41, 5.74) is 5.21. The Balaban J connectivity index is 2.76. The van der Waals surface area contributed by atoms with Crippen molar-refractivity contribution >= 4 is 34.5 Å². The number of nitrogens with two attached hydrogens (primary N) is 1. The number of rotatable bonds is 3. The molecule has 1 rings (SSSR count). The summed E-state index contributed by atoms with van der Waals surface area (Å²) in [6.07, 6.45) is 0. The Morgan fingerprint density at radius 1 is 1.67 bits per heavy atom. The molecule has 0 aromatic carbocycles. The summed E-state index contributed by atoms with van der Waals surface area (Å²) in [6.45, 7) is 5.36. The van der Waals surface area contributed by atoms with Gasteiger partial charge in [0.1, 0.15) is 5.69 Å². The summed E-state index contributed by atoms with van der Waals surface area (Å²) in [4.78, 5) is 16.0. The molecule has 0 unspecified atom stereocenters. The van der Waals surface area contributed by atoms with E-state index in [9.17, 15) is 4.79 Å². The first-order valence-electron chi connectivity index (χ1n) is 4.37. The topological polar surface area (TPSA) is 68.0 Å². The largest absolute Gasteiger partial charge is 0.391 e. The van der Waals surface area contributed by atoms with Crippen LogP contribution in [0.4, 0.5) is 0 Å². The van der Waals surface area contributed by atoms with Gasteiger partial charge >= 0.3 is 0 Å². The van der Waals surface area contributed by atoms with Crippen LogP contribution in [0.3, 0.4) is 0 Å². The number of nitrogens with zero attached hydrogens (tertiary/aromatic N) is 1. The maximum Gasteiger partial charge on any atom is 0.271 e. The van der Waals surface area contributed by atoms with Gasteiger partial charge in [-0.3, -0.25) is 4.79 Å². The van der Waals surface area contributed by atoms with Crippen LogP contribution in [0.2, 0.25) is 0 Å². The van der Waals surface area contributed by atoms with Gasteiger partial charge in [-0.15, -0.1) is 11.3 Å². The molecule has 0 aliphatic heterocycles. The van der Waals surface area contributed by atoms with Crippen molar-refractivity contribution in [1.82, 2.24) is 10.3 Å². The van der Waals surface area contributed by atoms with Crippen molar-refractivity contribution in [1.29, 1.82) is 0 Å². The molecule has 0 spiro atoms. The SMILES string of the molecule is Cc1nc(C(=O)NC(C)(C)C(N)=S)cs1. The van der Waals surface area contributed by atoms with Gasteiger partial charge in [0.15, 0.2) is 0 Å². The van der Waals surface area contributed by atoms with Gasteiger partial charge in [0.25, 0.3) is 5.91 Å². The lowest BCUT2D eigenvalue weighted by atomic mass is 10.1. The zero-order chi connectivity index (χ0) is 11.6. The molecule has 0 aliphatic rings. The molecule has 0 bridgehead atoms. The molecule has 0 atom stereocenters. The third kappa shape index (κ3) is 2.97. The first-order valence-corrected chi connectivity index (χ1v) is 5.66. The maximum absolute atomic E-state index is 11.7. The monoisotopic (exact) mass is 243 g/mol. The summed E-state index contributed by atoms with van der Waals surface area (Å²) in [5, 5.41) is 5.29.